The van der Waals surface area contributed by atoms with Crippen LogP contribution in [-0.4, -0.2) is 41.1 Å². The van der Waals surface area contributed by atoms with Crippen molar-refractivity contribution < 1.29 is 24.2 Å². The molecular weight excluding hydrogens is 612 g/mol. The molecule has 6 rings (SSSR count). The van der Waals surface area contributed by atoms with Crippen LogP contribution in [0.2, 0.25) is 0 Å². The minimum atomic E-state index is -1.14. The van der Waals surface area contributed by atoms with Gasteiger partial charge < -0.3 is 20.9 Å². The van der Waals surface area contributed by atoms with Crippen molar-refractivity contribution in [2.24, 2.45) is 74.2 Å². The molecule has 0 heterocycles. The lowest BCUT2D eigenvalue weighted by Crippen LogP contribution is -2.66. The number of aliphatic carboxylic acids is 1. The van der Waals surface area contributed by atoms with E-state index in [1.54, 1.807) is 13.8 Å². The first-order valence-corrected chi connectivity index (χ1v) is 19.9. The van der Waals surface area contributed by atoms with Crippen molar-refractivity contribution in [3.05, 3.63) is 12.2 Å². The standard InChI is InChI=1S/C42H68N2O5/c1-24(2)28-12-13-29-25(20-34(45)44-27-11-10-26(43)21-27)22-42(9)30(36(28)29)14-15-32-40(7)18-17-33(49-35(46)23-38(3,4)37(47)48)39(5,6)31(40)16-19-41(32,42)8/h25-33,36H,1,10-23,43H2,2-9H3,(H,44,45)(H,47,48)/t25-,26-,27+,28-,29?,30+,31-,32+,33-,36-,40-,41+,42+/m0/s1. The number of amides is 1. The Morgan fingerprint density at radius 1 is 0.918 bits per heavy atom. The van der Waals surface area contributed by atoms with Gasteiger partial charge in [0.1, 0.15) is 6.10 Å². The van der Waals surface area contributed by atoms with E-state index in [1.807, 2.05) is 0 Å². The second-order valence-electron chi connectivity index (χ2n) is 20.2. The molecule has 49 heavy (non-hydrogen) atoms. The Balaban J connectivity index is 1.25. The maximum atomic E-state index is 13.7. The normalized spacial score (nSPS) is 45.7. The van der Waals surface area contributed by atoms with E-state index in [0.29, 0.717) is 47.8 Å². The fourth-order valence-corrected chi connectivity index (χ4v) is 14.1. The van der Waals surface area contributed by atoms with E-state index in [-0.39, 0.29) is 52.2 Å². The van der Waals surface area contributed by atoms with E-state index in [2.05, 4.69) is 53.4 Å². The summed E-state index contributed by atoms with van der Waals surface area (Å²) in [6.07, 6.45) is 13.4. The number of fused-ring (bicyclic) bond motifs is 7. The molecule has 0 aromatic heterocycles. The smallest absolute Gasteiger partial charge is 0.309 e. The SMILES string of the molecule is C=C(C)[C@@H]1CCC2[C@@H](CC(=O)N[C@@H]3CC[C@H](N)C3)C[C@]3(C)[C@H](CC[C@@H]4[C@@]5(C)CC[C@H](OC(=O)CC(C)(C)C(=O)O)C(C)(C)[C@@H]5CC[C@]43C)[C@H]21. The average Bonchev–Trinajstić information content (AvgIpc) is 3.61. The van der Waals surface area contributed by atoms with Gasteiger partial charge in [0.25, 0.3) is 0 Å². The van der Waals surface area contributed by atoms with Gasteiger partial charge in [-0.3, -0.25) is 14.4 Å². The minimum Gasteiger partial charge on any atom is -0.481 e. The molecule has 0 spiro atoms. The summed E-state index contributed by atoms with van der Waals surface area (Å²) in [7, 11) is 0. The largest absolute Gasteiger partial charge is 0.481 e. The molecule has 0 aliphatic heterocycles. The lowest BCUT2D eigenvalue weighted by atomic mass is 9.32. The molecule has 1 amide bonds. The molecule has 0 aromatic rings. The van der Waals surface area contributed by atoms with Gasteiger partial charge >= 0.3 is 11.9 Å². The van der Waals surface area contributed by atoms with Crippen LogP contribution in [-0.2, 0) is 19.1 Å². The maximum absolute atomic E-state index is 13.7. The highest BCUT2D eigenvalue weighted by Gasteiger charge is 2.70. The van der Waals surface area contributed by atoms with E-state index >= 15 is 0 Å². The van der Waals surface area contributed by atoms with Gasteiger partial charge in [-0.15, -0.1) is 0 Å². The third-order valence-corrected chi connectivity index (χ3v) is 16.8. The molecule has 0 radical (unpaired) electrons. The number of nitrogens with two attached hydrogens (primary N) is 1. The Morgan fingerprint density at radius 3 is 2.27 bits per heavy atom. The van der Waals surface area contributed by atoms with Crippen LogP contribution in [0.1, 0.15) is 145 Å². The molecule has 13 atom stereocenters. The molecule has 0 bridgehead atoms. The molecule has 7 nitrogen and oxygen atoms in total. The zero-order valence-corrected chi connectivity index (χ0v) is 32.0. The molecule has 6 saturated carbocycles. The number of nitrogens with one attached hydrogen (secondary N) is 1. The van der Waals surface area contributed by atoms with Crippen LogP contribution in [0.25, 0.3) is 0 Å². The van der Waals surface area contributed by atoms with Crippen LogP contribution in [0.15, 0.2) is 12.2 Å². The van der Waals surface area contributed by atoms with Crippen LogP contribution in [0.3, 0.4) is 0 Å². The molecule has 6 fully saturated rings. The topological polar surface area (TPSA) is 119 Å². The first-order chi connectivity index (χ1) is 22.7. The Bertz CT molecular complexity index is 1340. The lowest BCUT2D eigenvalue weighted by molar-refractivity contribution is -0.249. The van der Waals surface area contributed by atoms with Gasteiger partial charge in [-0.2, -0.15) is 0 Å². The number of rotatable bonds is 8. The molecule has 276 valence electrons. The Labute approximate surface area is 296 Å². The molecule has 4 N–H and O–H groups in total. The first-order valence-electron chi connectivity index (χ1n) is 19.9. The summed E-state index contributed by atoms with van der Waals surface area (Å²) in [4.78, 5) is 38.5. The molecule has 1 unspecified atom stereocenters. The van der Waals surface area contributed by atoms with Gasteiger partial charge in [0, 0.05) is 23.9 Å². The van der Waals surface area contributed by atoms with E-state index in [0.717, 1.165) is 51.4 Å². The highest BCUT2D eigenvalue weighted by molar-refractivity contribution is 5.81. The summed E-state index contributed by atoms with van der Waals surface area (Å²) in [5.74, 6) is 2.66. The summed E-state index contributed by atoms with van der Waals surface area (Å²) in [6, 6.07) is 0.437. The number of ether oxygens (including phenoxy) is 1. The lowest BCUT2D eigenvalue weighted by Gasteiger charge is -2.73. The van der Waals surface area contributed by atoms with Crippen molar-refractivity contribution in [1.82, 2.24) is 5.32 Å². The Morgan fingerprint density at radius 2 is 1.63 bits per heavy atom. The second kappa shape index (κ2) is 12.7. The van der Waals surface area contributed by atoms with Crippen molar-refractivity contribution in [2.75, 3.05) is 0 Å². The Hall–Kier alpha value is -1.89. The van der Waals surface area contributed by atoms with Crippen molar-refractivity contribution in [3.8, 4) is 0 Å². The number of carboxylic acids is 1. The van der Waals surface area contributed by atoms with Crippen molar-refractivity contribution in [2.45, 2.75) is 163 Å². The number of hydrogen-bond donors (Lipinski definition) is 3. The minimum absolute atomic E-state index is 0.113. The average molecular weight is 681 g/mol. The van der Waals surface area contributed by atoms with Gasteiger partial charge in [-0.25, -0.2) is 0 Å². The van der Waals surface area contributed by atoms with Crippen LogP contribution in [0, 0.1) is 68.5 Å². The Kier molecular flexibility index (Phi) is 9.53. The molecule has 6 aliphatic rings. The van der Waals surface area contributed by atoms with Gasteiger partial charge in [0.15, 0.2) is 0 Å². The predicted molar refractivity (Wildman–Crippen MR) is 193 cm³/mol. The molecular formula is C42H68N2O5. The molecule has 7 heteroatoms. The van der Waals surface area contributed by atoms with E-state index in [1.165, 1.54) is 31.3 Å². The number of carboxylic acid groups (broad SMARTS) is 1. The fraction of sp³-hybridized carbons (Fsp3) is 0.881. The number of esters is 1. The van der Waals surface area contributed by atoms with Crippen molar-refractivity contribution in [3.63, 3.8) is 0 Å². The van der Waals surface area contributed by atoms with E-state index in [9.17, 15) is 19.5 Å². The number of allylic oxidation sites excluding steroid dienone is 1. The summed E-state index contributed by atoms with van der Waals surface area (Å²) in [6.45, 7) is 22.4. The van der Waals surface area contributed by atoms with Crippen molar-refractivity contribution in [1.29, 1.82) is 0 Å². The van der Waals surface area contributed by atoms with Gasteiger partial charge in [0.05, 0.1) is 11.8 Å². The second-order valence-corrected chi connectivity index (χ2v) is 20.2. The van der Waals surface area contributed by atoms with Gasteiger partial charge in [0.2, 0.25) is 5.91 Å². The third-order valence-electron chi connectivity index (χ3n) is 16.8. The van der Waals surface area contributed by atoms with Crippen LogP contribution < -0.4 is 11.1 Å². The quantitative estimate of drug-likeness (QED) is 0.175. The van der Waals surface area contributed by atoms with Gasteiger partial charge in [-0.1, -0.05) is 46.8 Å². The van der Waals surface area contributed by atoms with Gasteiger partial charge in [-0.05, 0) is 155 Å². The number of carbonyl (C=O) groups excluding carboxylic acids is 2. The zero-order chi connectivity index (χ0) is 35.9. The number of hydrogen-bond acceptors (Lipinski definition) is 5. The third kappa shape index (κ3) is 6.02. The molecule has 0 aromatic carbocycles. The zero-order valence-electron chi connectivity index (χ0n) is 32.0. The fourth-order valence-electron chi connectivity index (χ4n) is 14.1. The van der Waals surface area contributed by atoms with Crippen LogP contribution in [0.4, 0.5) is 0 Å². The predicted octanol–water partition coefficient (Wildman–Crippen LogP) is 8.30. The first kappa shape index (κ1) is 36.9. The molecule has 0 saturated heterocycles. The molecule has 6 aliphatic carbocycles. The van der Waals surface area contributed by atoms with Crippen molar-refractivity contribution >= 4 is 17.8 Å². The van der Waals surface area contributed by atoms with Crippen LogP contribution >= 0.6 is 0 Å². The number of carbonyl (C=O) groups is 3. The summed E-state index contributed by atoms with van der Waals surface area (Å²) in [5, 5.41) is 13.0. The highest BCUT2D eigenvalue weighted by Crippen LogP contribution is 2.77. The van der Waals surface area contributed by atoms with Crippen LogP contribution in [0.5, 0.6) is 0 Å². The summed E-state index contributed by atoms with van der Waals surface area (Å²) < 4.78 is 6.18. The highest BCUT2D eigenvalue weighted by atomic mass is 16.5. The summed E-state index contributed by atoms with van der Waals surface area (Å²) in [5.41, 5.74) is 6.62. The van der Waals surface area contributed by atoms with E-state index in [4.69, 9.17) is 10.5 Å². The maximum Gasteiger partial charge on any atom is 0.309 e. The summed E-state index contributed by atoms with van der Waals surface area (Å²) >= 11 is 0. The monoisotopic (exact) mass is 681 g/mol. The van der Waals surface area contributed by atoms with E-state index < -0.39 is 17.4 Å².